The molecule has 2 aromatic rings. The van der Waals surface area contributed by atoms with E-state index >= 15 is 0 Å². The van der Waals surface area contributed by atoms with Crippen LogP contribution in [0, 0.1) is 0 Å². The number of benzene rings is 1. The molecule has 1 heterocycles. The number of hydrazine groups is 1. The fraction of sp³-hybridized carbons (Fsp3) is 0.286. The van der Waals surface area contributed by atoms with Gasteiger partial charge in [0.2, 0.25) is 0 Å². The van der Waals surface area contributed by atoms with Crippen LogP contribution in [-0.2, 0) is 6.42 Å². The second-order valence-corrected chi connectivity index (χ2v) is 4.17. The van der Waals surface area contributed by atoms with Crippen LogP contribution in [0.15, 0.2) is 24.3 Å². The highest BCUT2D eigenvalue weighted by Gasteiger charge is 2.09. The van der Waals surface area contributed by atoms with Crippen molar-refractivity contribution in [3.8, 4) is 22.9 Å². The summed E-state index contributed by atoms with van der Waals surface area (Å²) in [5, 5.41) is 0. The lowest BCUT2D eigenvalue weighted by molar-refractivity contribution is 0.394. The minimum Gasteiger partial charge on any atom is -0.497 e. The summed E-state index contributed by atoms with van der Waals surface area (Å²) < 4.78 is 10.5. The van der Waals surface area contributed by atoms with Gasteiger partial charge in [-0.3, -0.25) is 0 Å². The molecule has 20 heavy (non-hydrogen) atoms. The van der Waals surface area contributed by atoms with Crippen molar-refractivity contribution in [1.29, 1.82) is 0 Å². The van der Waals surface area contributed by atoms with Gasteiger partial charge in [0.15, 0.2) is 5.82 Å². The van der Waals surface area contributed by atoms with E-state index in [-0.39, 0.29) is 0 Å². The highest BCUT2D eigenvalue weighted by molar-refractivity contribution is 5.62. The number of methoxy groups -OCH3 is 2. The van der Waals surface area contributed by atoms with E-state index in [0.717, 1.165) is 17.7 Å². The lowest BCUT2D eigenvalue weighted by Gasteiger charge is -2.10. The van der Waals surface area contributed by atoms with E-state index in [2.05, 4.69) is 15.4 Å². The third kappa shape index (κ3) is 2.97. The Kier molecular flexibility index (Phi) is 4.37. The molecule has 6 heteroatoms. The molecule has 3 N–H and O–H groups in total. The fourth-order valence-electron chi connectivity index (χ4n) is 1.82. The molecule has 0 saturated heterocycles. The minimum absolute atomic E-state index is 0.577. The molecule has 1 aromatic heterocycles. The number of hydrogen-bond acceptors (Lipinski definition) is 6. The third-order valence-electron chi connectivity index (χ3n) is 2.90. The molecule has 6 nitrogen and oxygen atoms in total. The van der Waals surface area contributed by atoms with E-state index in [0.29, 0.717) is 23.1 Å². The van der Waals surface area contributed by atoms with Crippen LogP contribution < -0.4 is 20.7 Å². The van der Waals surface area contributed by atoms with Crippen LogP contribution in [-0.4, -0.2) is 24.2 Å². The summed E-state index contributed by atoms with van der Waals surface area (Å²) >= 11 is 0. The minimum atomic E-state index is 0.577. The Morgan fingerprint density at radius 2 is 1.70 bits per heavy atom. The Labute approximate surface area is 117 Å². The molecule has 0 aliphatic carbocycles. The number of nitrogens with two attached hydrogens (primary N) is 1. The van der Waals surface area contributed by atoms with Gasteiger partial charge in [-0.05, 0) is 18.6 Å². The van der Waals surface area contributed by atoms with Crippen molar-refractivity contribution in [2.24, 2.45) is 5.84 Å². The quantitative estimate of drug-likeness (QED) is 0.641. The summed E-state index contributed by atoms with van der Waals surface area (Å²) in [7, 11) is 3.21. The van der Waals surface area contributed by atoms with Crippen LogP contribution >= 0.6 is 0 Å². The van der Waals surface area contributed by atoms with Crippen molar-refractivity contribution >= 4 is 5.82 Å². The number of aryl methyl sites for hydroxylation is 1. The molecule has 0 spiro atoms. The van der Waals surface area contributed by atoms with E-state index in [1.54, 1.807) is 20.3 Å². The van der Waals surface area contributed by atoms with Crippen LogP contribution in [0.5, 0.6) is 11.5 Å². The molecule has 0 bridgehead atoms. The maximum atomic E-state index is 5.44. The Hall–Kier alpha value is -2.34. The first-order valence-electron chi connectivity index (χ1n) is 6.28. The van der Waals surface area contributed by atoms with Crippen molar-refractivity contribution in [1.82, 2.24) is 9.97 Å². The molecular weight excluding hydrogens is 256 g/mol. The van der Waals surface area contributed by atoms with Crippen molar-refractivity contribution in [3.63, 3.8) is 0 Å². The van der Waals surface area contributed by atoms with Crippen LogP contribution in [0.4, 0.5) is 5.82 Å². The molecule has 0 aliphatic rings. The Balaban J connectivity index is 2.54. The van der Waals surface area contributed by atoms with Crippen molar-refractivity contribution in [2.45, 2.75) is 13.3 Å². The molecule has 0 amide bonds. The average molecular weight is 274 g/mol. The van der Waals surface area contributed by atoms with Gasteiger partial charge in [-0.2, -0.15) is 0 Å². The molecule has 0 unspecified atom stereocenters. The lowest BCUT2D eigenvalue weighted by atomic mass is 10.1. The lowest BCUT2D eigenvalue weighted by Crippen LogP contribution is -2.10. The van der Waals surface area contributed by atoms with Gasteiger partial charge in [0.25, 0.3) is 0 Å². The summed E-state index contributed by atoms with van der Waals surface area (Å²) in [4.78, 5) is 8.87. The van der Waals surface area contributed by atoms with E-state index in [9.17, 15) is 0 Å². The largest absolute Gasteiger partial charge is 0.497 e. The van der Waals surface area contributed by atoms with Crippen LogP contribution in [0.1, 0.15) is 12.6 Å². The van der Waals surface area contributed by atoms with Gasteiger partial charge in [-0.25, -0.2) is 15.8 Å². The van der Waals surface area contributed by atoms with Crippen molar-refractivity contribution in [2.75, 3.05) is 19.6 Å². The molecule has 0 radical (unpaired) electrons. The number of rotatable bonds is 5. The van der Waals surface area contributed by atoms with E-state index in [1.165, 1.54) is 0 Å². The van der Waals surface area contributed by atoms with E-state index in [1.807, 2.05) is 25.1 Å². The number of nitrogens with one attached hydrogen (secondary N) is 1. The molecule has 0 atom stereocenters. The third-order valence-corrected chi connectivity index (χ3v) is 2.90. The van der Waals surface area contributed by atoms with Gasteiger partial charge < -0.3 is 14.9 Å². The number of ether oxygens (including phenoxy) is 2. The topological polar surface area (TPSA) is 82.3 Å². The maximum Gasteiger partial charge on any atom is 0.162 e. The van der Waals surface area contributed by atoms with Crippen LogP contribution in [0.3, 0.4) is 0 Å². The number of anilines is 1. The van der Waals surface area contributed by atoms with Crippen LogP contribution in [0.2, 0.25) is 0 Å². The number of hydrogen-bond donors (Lipinski definition) is 2. The van der Waals surface area contributed by atoms with Crippen LogP contribution in [0.25, 0.3) is 11.4 Å². The second-order valence-electron chi connectivity index (χ2n) is 4.17. The Bertz CT molecular complexity index is 504. The summed E-state index contributed by atoms with van der Waals surface area (Å²) in [6, 6.07) is 7.34. The van der Waals surface area contributed by atoms with Gasteiger partial charge >= 0.3 is 0 Å². The average Bonchev–Trinajstić information content (AvgIpc) is 2.53. The summed E-state index contributed by atoms with van der Waals surface area (Å²) in [5.74, 6) is 7.97. The predicted molar refractivity (Wildman–Crippen MR) is 77.8 cm³/mol. The molecule has 1 aromatic carbocycles. The molecular formula is C14H18N4O2. The van der Waals surface area contributed by atoms with E-state index in [4.69, 9.17) is 15.3 Å². The Morgan fingerprint density at radius 1 is 1.05 bits per heavy atom. The second kappa shape index (κ2) is 6.21. The first-order valence-corrected chi connectivity index (χ1v) is 6.28. The maximum absolute atomic E-state index is 5.44. The highest BCUT2D eigenvalue weighted by atomic mass is 16.5. The number of nitrogen functional groups attached to an aromatic ring is 1. The molecule has 106 valence electrons. The molecule has 0 aliphatic heterocycles. The first-order chi connectivity index (χ1) is 9.69. The first kappa shape index (κ1) is 14.1. The smallest absolute Gasteiger partial charge is 0.162 e. The predicted octanol–water partition coefficient (Wildman–Crippen LogP) is 2.01. The Morgan fingerprint density at radius 3 is 2.20 bits per heavy atom. The SMILES string of the molecule is CCc1cc(NN)nc(-c2cc(OC)cc(OC)c2)n1. The van der Waals surface area contributed by atoms with Crippen molar-refractivity contribution in [3.05, 3.63) is 30.0 Å². The summed E-state index contributed by atoms with van der Waals surface area (Å²) in [6.45, 7) is 2.03. The summed E-state index contributed by atoms with van der Waals surface area (Å²) in [6.07, 6.45) is 0.797. The van der Waals surface area contributed by atoms with Gasteiger partial charge in [0, 0.05) is 23.4 Å². The molecule has 0 fully saturated rings. The fourth-order valence-corrected chi connectivity index (χ4v) is 1.82. The van der Waals surface area contributed by atoms with Gasteiger partial charge in [-0.1, -0.05) is 6.92 Å². The standard InChI is InChI=1S/C14H18N4O2/c1-4-10-7-13(18-15)17-14(16-10)9-5-11(19-2)8-12(6-9)20-3/h5-8H,4,15H2,1-3H3,(H,16,17,18). The zero-order chi connectivity index (χ0) is 14.5. The number of nitrogens with zero attached hydrogens (tertiary/aromatic N) is 2. The van der Waals surface area contributed by atoms with Gasteiger partial charge in [0.1, 0.15) is 17.3 Å². The highest BCUT2D eigenvalue weighted by Crippen LogP contribution is 2.28. The molecule has 2 rings (SSSR count). The zero-order valence-electron chi connectivity index (χ0n) is 11.8. The zero-order valence-corrected chi connectivity index (χ0v) is 11.8. The monoisotopic (exact) mass is 274 g/mol. The normalized spacial score (nSPS) is 10.2. The summed E-state index contributed by atoms with van der Waals surface area (Å²) in [5.41, 5.74) is 4.28. The van der Waals surface area contributed by atoms with E-state index < -0.39 is 0 Å². The molecule has 0 saturated carbocycles. The number of aromatic nitrogens is 2. The van der Waals surface area contributed by atoms with Crippen molar-refractivity contribution < 1.29 is 9.47 Å². The van der Waals surface area contributed by atoms with Gasteiger partial charge in [-0.15, -0.1) is 0 Å². The van der Waals surface area contributed by atoms with Gasteiger partial charge in [0.05, 0.1) is 14.2 Å².